The van der Waals surface area contributed by atoms with Gasteiger partial charge >= 0.3 is 0 Å². The van der Waals surface area contributed by atoms with E-state index in [1.54, 1.807) is 6.07 Å². The summed E-state index contributed by atoms with van der Waals surface area (Å²) in [5.41, 5.74) is 5.54. The van der Waals surface area contributed by atoms with Crippen molar-refractivity contribution in [2.45, 2.75) is 0 Å². The normalized spacial score (nSPS) is 9.73. The number of aromatic nitrogens is 1. The van der Waals surface area contributed by atoms with Crippen molar-refractivity contribution in [1.82, 2.24) is 4.98 Å². The third-order valence-electron chi connectivity index (χ3n) is 1.06. The van der Waals surface area contributed by atoms with E-state index in [2.05, 4.69) is 20.9 Å². The first-order valence-electron chi connectivity index (χ1n) is 2.71. The van der Waals surface area contributed by atoms with Crippen molar-refractivity contribution in [2.75, 3.05) is 11.0 Å². The summed E-state index contributed by atoms with van der Waals surface area (Å²) in [6.45, 7) is 0. The number of rotatable bonds is 1. The molecule has 11 heavy (non-hydrogen) atoms. The van der Waals surface area contributed by atoms with Gasteiger partial charge in [0.25, 0.3) is 0 Å². The largest absolute Gasteiger partial charge is 0.396 e. The van der Waals surface area contributed by atoms with Crippen LogP contribution in [-0.4, -0.2) is 15.4 Å². The molecule has 1 rings (SSSR count). The van der Waals surface area contributed by atoms with Gasteiger partial charge in [0.1, 0.15) is 4.60 Å². The Morgan fingerprint density at radius 3 is 2.55 bits per heavy atom. The smallest absolute Gasteiger partial charge is 0.207 e. The second-order valence-corrected chi connectivity index (χ2v) is 2.65. The highest BCUT2D eigenvalue weighted by Gasteiger charge is 2.05. The lowest BCUT2D eigenvalue weighted by molar-refractivity contribution is 0.0271. The van der Waals surface area contributed by atoms with Crippen molar-refractivity contribution in [3.63, 3.8) is 0 Å². The first-order valence-corrected chi connectivity index (χ1v) is 3.50. The minimum Gasteiger partial charge on any atom is -0.396 e. The maximum Gasteiger partial charge on any atom is 0.207 e. The Bertz CT molecular complexity index is 266. The van der Waals surface area contributed by atoms with Crippen LogP contribution in [0.5, 0.6) is 0 Å². The molecule has 0 atom stereocenters. The number of nitrogens with two attached hydrogens (primary N) is 1. The first-order chi connectivity index (χ1) is 5.11. The van der Waals surface area contributed by atoms with E-state index >= 15 is 0 Å². The number of hydrogen-bond acceptors (Lipinski definition) is 5. The summed E-state index contributed by atoms with van der Waals surface area (Å²) in [6.07, 6.45) is 0. The van der Waals surface area contributed by atoms with Crippen molar-refractivity contribution in [3.05, 3.63) is 16.7 Å². The van der Waals surface area contributed by atoms with E-state index in [1.165, 1.54) is 6.07 Å². The van der Waals surface area contributed by atoms with E-state index < -0.39 is 0 Å². The highest BCUT2D eigenvalue weighted by atomic mass is 79.9. The molecule has 0 aliphatic carbocycles. The number of halogens is 1. The summed E-state index contributed by atoms with van der Waals surface area (Å²) in [6, 6.07) is 3.11. The van der Waals surface area contributed by atoms with Gasteiger partial charge in [0, 0.05) is 0 Å². The lowest BCUT2D eigenvalue weighted by atomic mass is 10.4. The van der Waals surface area contributed by atoms with Crippen LogP contribution in [-0.2, 0) is 0 Å². The fourth-order valence-corrected chi connectivity index (χ4v) is 0.896. The zero-order valence-electron chi connectivity index (χ0n) is 5.40. The zero-order valence-corrected chi connectivity index (χ0v) is 6.98. The van der Waals surface area contributed by atoms with Crippen LogP contribution in [0.1, 0.15) is 0 Å². The summed E-state index contributed by atoms with van der Waals surface area (Å²) < 4.78 is 0.481. The summed E-state index contributed by atoms with van der Waals surface area (Å²) in [4.78, 5) is 3.69. The number of hydrogen-bond donors (Lipinski definition) is 3. The standard InChI is InChI=1S/C5H6BrN3O2/c6-4-2-1-3(7)5(8-4)9(10)11/h1-2,10-11H,7H2. The Morgan fingerprint density at radius 1 is 1.45 bits per heavy atom. The van der Waals surface area contributed by atoms with E-state index in [4.69, 9.17) is 16.1 Å². The quantitative estimate of drug-likeness (QED) is 0.486. The van der Waals surface area contributed by atoms with E-state index in [0.717, 1.165) is 0 Å². The molecule has 0 aliphatic rings. The van der Waals surface area contributed by atoms with Crippen LogP contribution in [0.2, 0.25) is 0 Å². The summed E-state index contributed by atoms with van der Waals surface area (Å²) >= 11 is 3.05. The van der Waals surface area contributed by atoms with Gasteiger partial charge in [0.15, 0.2) is 0 Å². The predicted molar refractivity (Wildman–Crippen MR) is 42.4 cm³/mol. The molecule has 60 valence electrons. The van der Waals surface area contributed by atoms with Crippen molar-refractivity contribution < 1.29 is 10.4 Å². The van der Waals surface area contributed by atoms with Crippen LogP contribution in [0.3, 0.4) is 0 Å². The van der Waals surface area contributed by atoms with Gasteiger partial charge in [-0.2, -0.15) is 0 Å². The van der Waals surface area contributed by atoms with Gasteiger partial charge in [-0.15, -0.1) is 5.23 Å². The van der Waals surface area contributed by atoms with Crippen LogP contribution in [0.15, 0.2) is 16.7 Å². The monoisotopic (exact) mass is 219 g/mol. The van der Waals surface area contributed by atoms with Gasteiger partial charge in [0.05, 0.1) is 5.69 Å². The zero-order chi connectivity index (χ0) is 8.43. The molecule has 5 nitrogen and oxygen atoms in total. The third-order valence-corrected chi connectivity index (χ3v) is 1.50. The first kappa shape index (κ1) is 8.25. The van der Waals surface area contributed by atoms with Crippen LogP contribution < -0.4 is 11.0 Å². The number of nitrogens with zero attached hydrogens (tertiary/aromatic N) is 2. The maximum absolute atomic E-state index is 8.55. The highest BCUT2D eigenvalue weighted by Crippen LogP contribution is 2.20. The predicted octanol–water partition coefficient (Wildman–Crippen LogP) is 1.01. The molecule has 0 bridgehead atoms. The number of pyridine rings is 1. The Balaban J connectivity index is 3.13. The van der Waals surface area contributed by atoms with Crippen LogP contribution in [0.4, 0.5) is 11.5 Å². The van der Waals surface area contributed by atoms with Crippen LogP contribution in [0, 0.1) is 0 Å². The molecule has 0 saturated carbocycles. The Kier molecular flexibility index (Phi) is 2.28. The van der Waals surface area contributed by atoms with Gasteiger partial charge in [-0.05, 0) is 28.1 Å². The average Bonchev–Trinajstić information content (AvgIpc) is 1.94. The van der Waals surface area contributed by atoms with Gasteiger partial charge in [-0.3, -0.25) is 10.4 Å². The molecule has 1 heterocycles. The molecule has 0 radical (unpaired) electrons. The second-order valence-electron chi connectivity index (χ2n) is 1.84. The van der Waals surface area contributed by atoms with E-state index in [-0.39, 0.29) is 16.7 Å². The average molecular weight is 220 g/mol. The Labute approximate surface area is 71.1 Å². The fraction of sp³-hybridized carbons (Fsp3) is 0. The molecule has 0 fully saturated rings. The van der Waals surface area contributed by atoms with Crippen LogP contribution >= 0.6 is 15.9 Å². The van der Waals surface area contributed by atoms with Crippen molar-refractivity contribution >= 4 is 27.4 Å². The van der Waals surface area contributed by atoms with Crippen molar-refractivity contribution in [3.8, 4) is 0 Å². The van der Waals surface area contributed by atoms with Gasteiger partial charge in [-0.25, -0.2) is 4.98 Å². The molecule has 4 N–H and O–H groups in total. The Hall–Kier alpha value is -0.850. The molecule has 6 heteroatoms. The SMILES string of the molecule is Nc1ccc(Br)nc1N(O)O. The minimum absolute atomic E-state index is 0.0978. The third kappa shape index (κ3) is 1.79. The minimum atomic E-state index is -0.125. The van der Waals surface area contributed by atoms with Gasteiger partial charge in [0.2, 0.25) is 5.82 Å². The molecule has 0 saturated heterocycles. The van der Waals surface area contributed by atoms with Crippen molar-refractivity contribution in [1.29, 1.82) is 0 Å². The lowest BCUT2D eigenvalue weighted by Crippen LogP contribution is -2.14. The molecule has 0 spiro atoms. The van der Waals surface area contributed by atoms with E-state index in [0.29, 0.717) is 4.60 Å². The summed E-state index contributed by atoms with van der Waals surface area (Å²) in [7, 11) is 0. The van der Waals surface area contributed by atoms with E-state index in [1.807, 2.05) is 0 Å². The topological polar surface area (TPSA) is 82.6 Å². The Morgan fingerprint density at radius 2 is 2.09 bits per heavy atom. The van der Waals surface area contributed by atoms with E-state index in [9.17, 15) is 0 Å². The highest BCUT2D eigenvalue weighted by molar-refractivity contribution is 9.10. The van der Waals surface area contributed by atoms with Gasteiger partial charge < -0.3 is 5.73 Å². The molecule has 0 aliphatic heterocycles. The molecular formula is C5H6BrN3O2. The van der Waals surface area contributed by atoms with Gasteiger partial charge in [-0.1, -0.05) is 0 Å². The molecule has 0 amide bonds. The van der Waals surface area contributed by atoms with Crippen molar-refractivity contribution in [2.24, 2.45) is 0 Å². The number of nitrogen functional groups attached to an aromatic ring is 1. The molecule has 1 aromatic rings. The molecule has 0 aromatic carbocycles. The fourth-order valence-electron chi connectivity index (χ4n) is 0.596. The second kappa shape index (κ2) is 3.04. The molecular weight excluding hydrogens is 214 g/mol. The number of anilines is 2. The summed E-state index contributed by atoms with van der Waals surface area (Å²) in [5.74, 6) is -0.0978. The van der Waals surface area contributed by atoms with Crippen LogP contribution in [0.25, 0.3) is 0 Å². The maximum atomic E-state index is 8.55. The molecule has 0 unspecified atom stereocenters. The lowest BCUT2D eigenvalue weighted by Gasteiger charge is -2.08. The molecule has 1 aromatic heterocycles. The summed E-state index contributed by atoms with van der Waals surface area (Å²) in [5, 5.41) is 17.0.